The van der Waals surface area contributed by atoms with Crippen LogP contribution in [0, 0.1) is 0 Å². The molecule has 0 aromatic carbocycles. The van der Waals surface area contributed by atoms with Crippen LogP contribution in [0.25, 0.3) is 0 Å². The van der Waals surface area contributed by atoms with Gasteiger partial charge in [-0.05, 0) is 47.6 Å². The van der Waals surface area contributed by atoms with Crippen LogP contribution < -0.4 is 10.6 Å². The third-order valence-electron chi connectivity index (χ3n) is 3.37. The van der Waals surface area contributed by atoms with Gasteiger partial charge in [-0.3, -0.25) is 4.90 Å². The summed E-state index contributed by atoms with van der Waals surface area (Å²) in [6, 6.07) is 0. The van der Waals surface area contributed by atoms with E-state index >= 15 is 0 Å². The van der Waals surface area contributed by atoms with Gasteiger partial charge in [-0.15, -0.1) is 0 Å². The Balaban J connectivity index is 2.32. The van der Waals surface area contributed by atoms with Crippen molar-refractivity contribution in [1.82, 2.24) is 15.5 Å². The van der Waals surface area contributed by atoms with E-state index in [4.69, 9.17) is 0 Å². The lowest BCUT2D eigenvalue weighted by Crippen LogP contribution is -2.54. The number of nitrogens with zero attached hydrogens (tertiary/aromatic N) is 1. The van der Waals surface area contributed by atoms with Gasteiger partial charge in [0.25, 0.3) is 0 Å². The Morgan fingerprint density at radius 3 is 2.12 bits per heavy atom. The highest BCUT2D eigenvalue weighted by molar-refractivity contribution is 4.86. The van der Waals surface area contributed by atoms with Crippen LogP contribution in [-0.4, -0.2) is 48.7 Å². The zero-order valence-corrected chi connectivity index (χ0v) is 11.7. The first-order chi connectivity index (χ1) is 7.31. The summed E-state index contributed by atoms with van der Waals surface area (Å²) in [7, 11) is 0. The smallest absolute Gasteiger partial charge is 0.0166 e. The zero-order chi connectivity index (χ0) is 12.2. The highest BCUT2D eigenvalue weighted by Gasteiger charge is 2.27. The molecule has 0 unspecified atom stereocenters. The van der Waals surface area contributed by atoms with E-state index in [1.54, 1.807) is 0 Å². The van der Waals surface area contributed by atoms with Gasteiger partial charge in [0.15, 0.2) is 0 Å². The summed E-state index contributed by atoms with van der Waals surface area (Å²) in [4.78, 5) is 2.60. The van der Waals surface area contributed by atoms with E-state index in [-0.39, 0.29) is 5.54 Å². The molecule has 3 nitrogen and oxygen atoms in total. The van der Waals surface area contributed by atoms with Crippen LogP contribution in [-0.2, 0) is 0 Å². The molecule has 0 aliphatic carbocycles. The fourth-order valence-electron chi connectivity index (χ4n) is 2.17. The Hall–Kier alpha value is -0.120. The van der Waals surface area contributed by atoms with Crippen molar-refractivity contribution in [2.75, 3.05) is 32.7 Å². The first-order valence-electron chi connectivity index (χ1n) is 6.52. The highest BCUT2D eigenvalue weighted by Crippen LogP contribution is 2.19. The van der Waals surface area contributed by atoms with Crippen molar-refractivity contribution in [2.24, 2.45) is 0 Å². The molecule has 0 spiro atoms. The average Bonchev–Trinajstić information content (AvgIpc) is 2.17. The Morgan fingerprint density at radius 2 is 1.62 bits per heavy atom. The van der Waals surface area contributed by atoms with E-state index in [1.165, 1.54) is 19.5 Å². The second kappa shape index (κ2) is 5.48. The molecule has 0 saturated carbocycles. The monoisotopic (exact) mass is 227 g/mol. The highest BCUT2D eigenvalue weighted by atomic mass is 15.2. The summed E-state index contributed by atoms with van der Waals surface area (Å²) in [5.41, 5.74) is 0.555. The van der Waals surface area contributed by atoms with Crippen molar-refractivity contribution < 1.29 is 0 Å². The number of rotatable bonds is 4. The standard InChI is InChI=1S/C13H29N3/c1-12(2,3)15-7-6-13(4,5)16-10-8-14-9-11-16/h14-15H,6-11H2,1-5H3. The Labute approximate surface area is 101 Å². The van der Waals surface area contributed by atoms with Crippen LogP contribution in [0.3, 0.4) is 0 Å². The van der Waals surface area contributed by atoms with Crippen LogP contribution in [0.5, 0.6) is 0 Å². The van der Waals surface area contributed by atoms with Gasteiger partial charge in [-0.1, -0.05) is 0 Å². The molecule has 1 heterocycles. The van der Waals surface area contributed by atoms with Crippen molar-refractivity contribution >= 4 is 0 Å². The van der Waals surface area contributed by atoms with Crippen molar-refractivity contribution in [2.45, 2.75) is 52.1 Å². The predicted molar refractivity (Wildman–Crippen MR) is 70.9 cm³/mol. The predicted octanol–water partition coefficient (Wildman–Crippen LogP) is 1.45. The van der Waals surface area contributed by atoms with Crippen LogP contribution >= 0.6 is 0 Å². The lowest BCUT2D eigenvalue weighted by Gasteiger charge is -2.41. The van der Waals surface area contributed by atoms with Gasteiger partial charge in [-0.2, -0.15) is 0 Å². The first kappa shape index (κ1) is 13.9. The van der Waals surface area contributed by atoms with Crippen LogP contribution in [0.1, 0.15) is 41.0 Å². The van der Waals surface area contributed by atoms with Gasteiger partial charge in [0, 0.05) is 37.3 Å². The van der Waals surface area contributed by atoms with E-state index in [1.807, 2.05) is 0 Å². The maximum absolute atomic E-state index is 3.57. The van der Waals surface area contributed by atoms with E-state index in [0.29, 0.717) is 5.54 Å². The first-order valence-corrected chi connectivity index (χ1v) is 6.52. The van der Waals surface area contributed by atoms with Crippen molar-refractivity contribution in [3.63, 3.8) is 0 Å². The van der Waals surface area contributed by atoms with Crippen molar-refractivity contribution in [3.8, 4) is 0 Å². The van der Waals surface area contributed by atoms with E-state index in [9.17, 15) is 0 Å². The van der Waals surface area contributed by atoms with Crippen molar-refractivity contribution in [1.29, 1.82) is 0 Å². The molecule has 0 amide bonds. The van der Waals surface area contributed by atoms with Gasteiger partial charge < -0.3 is 10.6 Å². The maximum atomic E-state index is 3.57. The largest absolute Gasteiger partial charge is 0.314 e. The van der Waals surface area contributed by atoms with Crippen LogP contribution in [0.4, 0.5) is 0 Å². The van der Waals surface area contributed by atoms with Crippen LogP contribution in [0.15, 0.2) is 0 Å². The van der Waals surface area contributed by atoms with Gasteiger partial charge >= 0.3 is 0 Å². The second-order valence-electron chi connectivity index (χ2n) is 6.48. The fourth-order valence-corrected chi connectivity index (χ4v) is 2.17. The molecule has 3 heteroatoms. The minimum atomic E-state index is 0.236. The molecule has 0 aromatic heterocycles. The summed E-state index contributed by atoms with van der Waals surface area (Å²) >= 11 is 0. The number of hydrogen-bond donors (Lipinski definition) is 2. The molecule has 0 bridgehead atoms. The molecule has 0 aromatic rings. The minimum absolute atomic E-state index is 0.236. The summed E-state index contributed by atoms with van der Waals surface area (Å²) in [5, 5.41) is 6.98. The van der Waals surface area contributed by atoms with Gasteiger partial charge in [0.1, 0.15) is 0 Å². The number of piperazine rings is 1. The Kier molecular flexibility index (Phi) is 4.77. The van der Waals surface area contributed by atoms with Gasteiger partial charge in [0.2, 0.25) is 0 Å². The third kappa shape index (κ3) is 4.81. The molecule has 96 valence electrons. The molecule has 0 radical (unpaired) electrons. The minimum Gasteiger partial charge on any atom is -0.314 e. The normalized spacial score (nSPS) is 20.1. The van der Waals surface area contributed by atoms with Crippen LogP contribution in [0.2, 0.25) is 0 Å². The fraction of sp³-hybridized carbons (Fsp3) is 1.00. The van der Waals surface area contributed by atoms with Gasteiger partial charge in [-0.25, -0.2) is 0 Å². The topological polar surface area (TPSA) is 27.3 Å². The Bertz CT molecular complexity index is 200. The maximum Gasteiger partial charge on any atom is 0.0166 e. The summed E-state index contributed by atoms with van der Waals surface area (Å²) in [6.07, 6.45) is 1.21. The summed E-state index contributed by atoms with van der Waals surface area (Å²) in [5.74, 6) is 0. The summed E-state index contributed by atoms with van der Waals surface area (Å²) in [6.45, 7) is 17.1. The summed E-state index contributed by atoms with van der Waals surface area (Å²) < 4.78 is 0. The molecule has 2 N–H and O–H groups in total. The molecule has 1 rings (SSSR count). The molecule has 0 atom stereocenters. The molecular formula is C13H29N3. The third-order valence-corrected chi connectivity index (χ3v) is 3.37. The Morgan fingerprint density at radius 1 is 1.06 bits per heavy atom. The number of hydrogen-bond acceptors (Lipinski definition) is 3. The molecular weight excluding hydrogens is 198 g/mol. The lowest BCUT2D eigenvalue weighted by molar-refractivity contribution is 0.0939. The molecule has 1 aliphatic rings. The van der Waals surface area contributed by atoms with E-state index in [2.05, 4.69) is 50.2 Å². The van der Waals surface area contributed by atoms with Crippen molar-refractivity contribution in [3.05, 3.63) is 0 Å². The molecule has 1 fully saturated rings. The molecule has 16 heavy (non-hydrogen) atoms. The quantitative estimate of drug-likeness (QED) is 0.761. The van der Waals surface area contributed by atoms with E-state index in [0.717, 1.165) is 19.6 Å². The zero-order valence-electron chi connectivity index (χ0n) is 11.7. The van der Waals surface area contributed by atoms with Gasteiger partial charge in [0.05, 0.1) is 0 Å². The molecule has 1 saturated heterocycles. The SMILES string of the molecule is CC(C)(C)NCCC(C)(C)N1CCNCC1. The molecule has 1 aliphatic heterocycles. The average molecular weight is 227 g/mol. The van der Waals surface area contributed by atoms with E-state index < -0.39 is 0 Å². The second-order valence-corrected chi connectivity index (χ2v) is 6.48. The lowest BCUT2D eigenvalue weighted by atomic mass is 9.96. The number of nitrogens with one attached hydrogen (secondary N) is 2.